The fourth-order valence-corrected chi connectivity index (χ4v) is 3.77. The van der Waals surface area contributed by atoms with Crippen molar-refractivity contribution < 1.29 is 9.59 Å². The zero-order valence-corrected chi connectivity index (χ0v) is 14.0. The van der Waals surface area contributed by atoms with Crippen LogP contribution in [0.15, 0.2) is 43.0 Å². The Labute approximate surface area is 146 Å². The van der Waals surface area contributed by atoms with Crippen molar-refractivity contribution in [2.75, 3.05) is 24.5 Å². The Bertz CT molecular complexity index is 746. The number of benzene rings is 1. The van der Waals surface area contributed by atoms with Crippen molar-refractivity contribution in [2.45, 2.75) is 25.3 Å². The van der Waals surface area contributed by atoms with Gasteiger partial charge in [-0.25, -0.2) is 9.67 Å². The van der Waals surface area contributed by atoms with E-state index < -0.39 is 0 Å². The van der Waals surface area contributed by atoms with Gasteiger partial charge in [-0.15, -0.1) is 0 Å². The zero-order valence-electron chi connectivity index (χ0n) is 14.0. The number of para-hydroxylation sites is 1. The molecule has 0 saturated carbocycles. The first-order chi connectivity index (χ1) is 12.2. The van der Waals surface area contributed by atoms with E-state index in [0.29, 0.717) is 13.1 Å². The molecule has 2 aliphatic rings. The summed E-state index contributed by atoms with van der Waals surface area (Å²) in [6.07, 6.45) is 5.45. The number of hydrogen-bond acceptors (Lipinski definition) is 4. The number of likely N-dealkylation sites (tertiary alicyclic amines) is 1. The number of hydrogen-bond donors (Lipinski definition) is 0. The molecular weight excluding hydrogens is 318 g/mol. The van der Waals surface area contributed by atoms with E-state index in [9.17, 15) is 9.59 Å². The lowest BCUT2D eigenvalue weighted by atomic mass is 10.0. The van der Waals surface area contributed by atoms with Gasteiger partial charge in [-0.1, -0.05) is 18.2 Å². The second kappa shape index (κ2) is 6.66. The van der Waals surface area contributed by atoms with Crippen LogP contribution in [-0.4, -0.2) is 51.1 Å². The van der Waals surface area contributed by atoms with Crippen LogP contribution >= 0.6 is 0 Å². The van der Waals surface area contributed by atoms with Gasteiger partial charge in [0, 0.05) is 31.7 Å². The highest BCUT2D eigenvalue weighted by Crippen LogP contribution is 2.28. The van der Waals surface area contributed by atoms with Gasteiger partial charge in [-0.3, -0.25) is 9.59 Å². The molecule has 4 rings (SSSR count). The van der Waals surface area contributed by atoms with Crippen LogP contribution in [0.3, 0.4) is 0 Å². The Morgan fingerprint density at radius 1 is 1.16 bits per heavy atom. The molecule has 2 amide bonds. The van der Waals surface area contributed by atoms with Gasteiger partial charge in [0.05, 0.1) is 12.0 Å². The summed E-state index contributed by atoms with van der Waals surface area (Å²) >= 11 is 0. The van der Waals surface area contributed by atoms with Gasteiger partial charge in [0.15, 0.2) is 0 Å². The Morgan fingerprint density at radius 3 is 2.76 bits per heavy atom. The van der Waals surface area contributed by atoms with Crippen molar-refractivity contribution in [3.05, 3.63) is 43.0 Å². The van der Waals surface area contributed by atoms with E-state index >= 15 is 0 Å². The maximum absolute atomic E-state index is 12.9. The first kappa shape index (κ1) is 15.8. The fourth-order valence-electron chi connectivity index (χ4n) is 3.77. The number of carbonyl (C=O) groups excluding carboxylic acids is 2. The van der Waals surface area contributed by atoms with E-state index in [1.807, 2.05) is 39.9 Å². The van der Waals surface area contributed by atoms with Crippen molar-refractivity contribution in [3.8, 4) is 0 Å². The van der Waals surface area contributed by atoms with E-state index in [-0.39, 0.29) is 30.2 Å². The molecule has 7 heteroatoms. The highest BCUT2D eigenvalue weighted by atomic mass is 16.2. The second-order valence-electron chi connectivity index (χ2n) is 6.70. The van der Waals surface area contributed by atoms with Crippen molar-refractivity contribution >= 4 is 17.5 Å². The molecule has 0 bridgehead atoms. The molecular formula is C18H21N5O2. The second-order valence-corrected chi connectivity index (χ2v) is 6.70. The third-order valence-electron chi connectivity index (χ3n) is 5.06. The minimum Gasteiger partial charge on any atom is -0.340 e. The Kier molecular flexibility index (Phi) is 4.21. The largest absolute Gasteiger partial charge is 0.340 e. The van der Waals surface area contributed by atoms with Gasteiger partial charge in [0.25, 0.3) is 0 Å². The summed E-state index contributed by atoms with van der Waals surface area (Å²) < 4.78 is 1.83. The van der Waals surface area contributed by atoms with Crippen LogP contribution in [0, 0.1) is 5.92 Å². The summed E-state index contributed by atoms with van der Waals surface area (Å²) in [5, 5.41) is 4.20. The molecule has 0 N–H and O–H groups in total. The summed E-state index contributed by atoms with van der Waals surface area (Å²) in [7, 11) is 0. The Balaban J connectivity index is 1.43. The van der Waals surface area contributed by atoms with Crippen LogP contribution in [0.4, 0.5) is 5.69 Å². The number of rotatable bonds is 3. The van der Waals surface area contributed by atoms with Gasteiger partial charge in [0.1, 0.15) is 12.7 Å². The van der Waals surface area contributed by atoms with Gasteiger partial charge in [-0.2, -0.15) is 5.10 Å². The molecule has 25 heavy (non-hydrogen) atoms. The molecule has 1 aromatic carbocycles. The van der Waals surface area contributed by atoms with Crippen LogP contribution < -0.4 is 4.90 Å². The van der Waals surface area contributed by atoms with Crippen LogP contribution in [0.5, 0.6) is 0 Å². The fraction of sp³-hybridized carbons (Fsp3) is 0.444. The van der Waals surface area contributed by atoms with E-state index in [2.05, 4.69) is 10.1 Å². The normalized spacial score (nSPS) is 23.9. The summed E-state index contributed by atoms with van der Waals surface area (Å²) in [5.74, 6) is -0.159. The molecule has 1 aromatic heterocycles. The molecule has 0 unspecified atom stereocenters. The quantitative estimate of drug-likeness (QED) is 0.849. The number of piperidine rings is 1. The van der Waals surface area contributed by atoms with Gasteiger partial charge >= 0.3 is 0 Å². The van der Waals surface area contributed by atoms with E-state index in [0.717, 1.165) is 25.1 Å². The molecule has 3 heterocycles. The number of aromatic nitrogens is 3. The lowest BCUT2D eigenvalue weighted by Gasteiger charge is -2.34. The third-order valence-corrected chi connectivity index (χ3v) is 5.06. The van der Waals surface area contributed by atoms with Crippen molar-refractivity contribution in [1.82, 2.24) is 19.7 Å². The predicted molar refractivity (Wildman–Crippen MR) is 91.8 cm³/mol. The number of nitrogens with zero attached hydrogens (tertiary/aromatic N) is 5. The van der Waals surface area contributed by atoms with Gasteiger partial charge < -0.3 is 9.80 Å². The topological polar surface area (TPSA) is 71.3 Å². The molecule has 2 fully saturated rings. The molecule has 2 saturated heterocycles. The average molecular weight is 339 g/mol. The molecule has 7 nitrogen and oxygen atoms in total. The standard InChI is InChI=1S/C18H21N5O2/c24-17-9-14(10-22(17)15-5-2-1-3-6-15)18(25)21-8-4-7-16(11-21)23-13-19-12-20-23/h1-3,5-6,12-14,16H,4,7-11H2/t14-,16+/m1/s1. The van der Waals surface area contributed by atoms with E-state index in [4.69, 9.17) is 0 Å². The molecule has 0 aliphatic carbocycles. The lowest BCUT2D eigenvalue weighted by Crippen LogP contribution is -2.44. The maximum Gasteiger partial charge on any atom is 0.228 e. The van der Waals surface area contributed by atoms with Crippen molar-refractivity contribution in [1.29, 1.82) is 0 Å². The molecule has 130 valence electrons. The summed E-state index contributed by atoms with van der Waals surface area (Å²) in [4.78, 5) is 32.9. The summed E-state index contributed by atoms with van der Waals surface area (Å²) in [6, 6.07) is 9.72. The summed E-state index contributed by atoms with van der Waals surface area (Å²) in [6.45, 7) is 1.85. The van der Waals surface area contributed by atoms with Gasteiger partial charge in [0.2, 0.25) is 11.8 Å². The third kappa shape index (κ3) is 3.14. The van der Waals surface area contributed by atoms with Crippen molar-refractivity contribution in [3.63, 3.8) is 0 Å². The first-order valence-electron chi connectivity index (χ1n) is 8.70. The highest BCUT2D eigenvalue weighted by Gasteiger charge is 2.38. The minimum atomic E-state index is -0.262. The van der Waals surface area contributed by atoms with Crippen LogP contribution in [0.1, 0.15) is 25.3 Å². The maximum atomic E-state index is 12.9. The highest BCUT2D eigenvalue weighted by molar-refractivity contribution is 6.00. The molecule has 0 spiro atoms. The minimum absolute atomic E-state index is 0.0226. The van der Waals surface area contributed by atoms with Gasteiger partial charge in [-0.05, 0) is 25.0 Å². The van der Waals surface area contributed by atoms with Crippen LogP contribution in [-0.2, 0) is 9.59 Å². The Hall–Kier alpha value is -2.70. The molecule has 0 radical (unpaired) electrons. The zero-order chi connectivity index (χ0) is 17.2. The number of carbonyl (C=O) groups is 2. The first-order valence-corrected chi connectivity index (χ1v) is 8.70. The molecule has 2 aromatic rings. The predicted octanol–water partition coefficient (Wildman–Crippen LogP) is 1.49. The van der Waals surface area contributed by atoms with E-state index in [1.165, 1.54) is 6.33 Å². The SMILES string of the molecule is O=C([C@@H]1CC(=O)N(c2ccccc2)C1)N1CCC[C@H](n2cncn2)C1. The molecule has 2 aliphatic heterocycles. The average Bonchev–Trinajstić information content (AvgIpc) is 3.32. The molecule has 2 atom stereocenters. The smallest absolute Gasteiger partial charge is 0.228 e. The van der Waals surface area contributed by atoms with E-state index in [1.54, 1.807) is 11.2 Å². The Morgan fingerprint density at radius 2 is 2.00 bits per heavy atom. The monoisotopic (exact) mass is 339 g/mol. The van der Waals surface area contributed by atoms with Crippen molar-refractivity contribution in [2.24, 2.45) is 5.92 Å². The number of anilines is 1. The lowest BCUT2D eigenvalue weighted by molar-refractivity contribution is -0.137. The summed E-state index contributed by atoms with van der Waals surface area (Å²) in [5.41, 5.74) is 0.863. The van der Waals surface area contributed by atoms with Crippen LogP contribution in [0.2, 0.25) is 0 Å². The van der Waals surface area contributed by atoms with Crippen LogP contribution in [0.25, 0.3) is 0 Å². The number of amides is 2.